The number of benzene rings is 1. The lowest BCUT2D eigenvalue weighted by Crippen LogP contribution is -2.49. The second-order valence-corrected chi connectivity index (χ2v) is 9.58. The van der Waals surface area contributed by atoms with Crippen LogP contribution >= 0.6 is 23.2 Å². The second-order valence-electron chi connectivity index (χ2n) is 8.76. The van der Waals surface area contributed by atoms with E-state index in [0.717, 1.165) is 37.8 Å². The second kappa shape index (κ2) is 10.1. The zero-order valence-corrected chi connectivity index (χ0v) is 20.4. The molecule has 5 rings (SSSR count). The molecule has 2 N–H and O–H groups in total. The van der Waals surface area contributed by atoms with Gasteiger partial charge in [-0.05, 0) is 49.9 Å². The number of halogens is 2. The van der Waals surface area contributed by atoms with Crippen LogP contribution in [0.1, 0.15) is 31.4 Å². The summed E-state index contributed by atoms with van der Waals surface area (Å²) in [4.78, 5) is 28.0. The number of nitrogens with zero attached hydrogens (tertiary/aromatic N) is 6. The van der Waals surface area contributed by atoms with Gasteiger partial charge in [0.15, 0.2) is 0 Å². The van der Waals surface area contributed by atoms with Gasteiger partial charge in [0.05, 0.1) is 34.4 Å². The van der Waals surface area contributed by atoms with E-state index in [1.807, 2.05) is 15.5 Å². The fourth-order valence-corrected chi connectivity index (χ4v) is 4.48. The minimum Gasteiger partial charge on any atom is -0.350 e. The number of aromatic nitrogens is 4. The van der Waals surface area contributed by atoms with Crippen LogP contribution in [0.15, 0.2) is 36.7 Å². The van der Waals surface area contributed by atoms with Crippen LogP contribution in [0.5, 0.6) is 0 Å². The van der Waals surface area contributed by atoms with Gasteiger partial charge in [0.2, 0.25) is 5.95 Å². The molecule has 3 heterocycles. The third kappa shape index (κ3) is 5.34. The molecule has 1 aliphatic heterocycles. The molecule has 0 unspecified atom stereocenters. The maximum absolute atomic E-state index is 12.5. The van der Waals surface area contributed by atoms with Crippen molar-refractivity contribution in [3.8, 4) is 23.3 Å². The SMILES string of the molecule is N#CCc1cnc(-c2ccc(Cl)c(Cl)c2)n1-c1ccnc(N[C@H]2CCCN(C(=O)NC3CC3)C2)n1. The average Bonchev–Trinajstić information content (AvgIpc) is 3.58. The van der Waals surface area contributed by atoms with Gasteiger partial charge in [0, 0.05) is 36.9 Å². The Kier molecular flexibility index (Phi) is 6.75. The molecule has 0 bridgehead atoms. The highest BCUT2D eigenvalue weighted by Gasteiger charge is 2.29. The number of likely N-dealkylation sites (tertiary alicyclic amines) is 1. The zero-order chi connectivity index (χ0) is 24.4. The molecule has 1 aliphatic carbocycles. The highest BCUT2D eigenvalue weighted by atomic mass is 35.5. The first-order valence-corrected chi connectivity index (χ1v) is 12.3. The summed E-state index contributed by atoms with van der Waals surface area (Å²) < 4.78 is 1.83. The predicted molar refractivity (Wildman–Crippen MR) is 134 cm³/mol. The quantitative estimate of drug-likeness (QED) is 0.506. The number of carbonyl (C=O) groups is 1. The van der Waals surface area contributed by atoms with E-state index in [4.69, 9.17) is 28.2 Å². The summed E-state index contributed by atoms with van der Waals surface area (Å²) in [6, 6.07) is 9.60. The van der Waals surface area contributed by atoms with E-state index in [-0.39, 0.29) is 18.5 Å². The predicted octanol–water partition coefficient (Wildman–Crippen LogP) is 4.45. The molecule has 2 aliphatic rings. The van der Waals surface area contributed by atoms with Crippen molar-refractivity contribution in [2.45, 2.75) is 44.2 Å². The van der Waals surface area contributed by atoms with Crippen LogP contribution in [-0.2, 0) is 6.42 Å². The third-order valence-corrected chi connectivity index (χ3v) is 6.83. The van der Waals surface area contributed by atoms with Crippen molar-refractivity contribution in [3.05, 3.63) is 52.4 Å². The summed E-state index contributed by atoms with van der Waals surface area (Å²) in [7, 11) is 0. The van der Waals surface area contributed by atoms with Crippen LogP contribution in [0.2, 0.25) is 10.0 Å². The Morgan fingerprint density at radius 1 is 1.14 bits per heavy atom. The van der Waals surface area contributed by atoms with Crippen LogP contribution in [0.3, 0.4) is 0 Å². The van der Waals surface area contributed by atoms with E-state index in [0.29, 0.717) is 45.9 Å². The number of hydrogen-bond acceptors (Lipinski definition) is 6. The van der Waals surface area contributed by atoms with Gasteiger partial charge in [0.1, 0.15) is 11.6 Å². The van der Waals surface area contributed by atoms with Gasteiger partial charge in [-0.1, -0.05) is 23.2 Å². The number of rotatable bonds is 6. The molecule has 35 heavy (non-hydrogen) atoms. The number of nitriles is 1. The number of urea groups is 1. The minimum atomic E-state index is -0.000466. The number of anilines is 1. The van der Waals surface area contributed by atoms with E-state index >= 15 is 0 Å². The van der Waals surface area contributed by atoms with Crippen molar-refractivity contribution in [1.82, 2.24) is 29.7 Å². The van der Waals surface area contributed by atoms with Gasteiger partial charge in [-0.3, -0.25) is 4.57 Å². The van der Waals surface area contributed by atoms with Crippen molar-refractivity contribution in [3.63, 3.8) is 0 Å². The van der Waals surface area contributed by atoms with Crippen LogP contribution in [0, 0.1) is 11.3 Å². The van der Waals surface area contributed by atoms with Crippen LogP contribution in [0.25, 0.3) is 17.2 Å². The topological polar surface area (TPSA) is 112 Å². The standard InChI is InChI=1S/C24H24Cl2N8O/c25-19-6-3-15(12-20(19)26)22-29-13-18(7-9-27)34(22)21-8-10-28-23(32-21)30-17-2-1-11-33(14-17)24(35)31-16-4-5-16/h3,6,8,10,12-13,16-17H,1-2,4-5,7,11,14H2,(H,31,35)(H,28,30,32)/t17-/m0/s1. The molecule has 0 spiro atoms. The molecule has 1 saturated carbocycles. The zero-order valence-electron chi connectivity index (χ0n) is 18.9. The van der Waals surface area contributed by atoms with Gasteiger partial charge in [-0.2, -0.15) is 10.2 Å². The molecule has 3 aromatic rings. The molecule has 180 valence electrons. The lowest BCUT2D eigenvalue weighted by Gasteiger charge is -2.33. The molecule has 0 radical (unpaired) electrons. The molecule has 9 nitrogen and oxygen atoms in total. The Bertz CT molecular complexity index is 1280. The number of amides is 2. The van der Waals surface area contributed by atoms with Crippen molar-refractivity contribution in [2.24, 2.45) is 0 Å². The van der Waals surface area contributed by atoms with Crippen molar-refractivity contribution < 1.29 is 4.79 Å². The monoisotopic (exact) mass is 510 g/mol. The first kappa shape index (κ1) is 23.4. The molecular formula is C24H24Cl2N8O. The summed E-state index contributed by atoms with van der Waals surface area (Å²) in [5.41, 5.74) is 1.44. The van der Waals surface area contributed by atoms with Gasteiger partial charge >= 0.3 is 6.03 Å². The molecule has 1 saturated heterocycles. The molecule has 1 aromatic carbocycles. The summed E-state index contributed by atoms with van der Waals surface area (Å²) in [6.07, 6.45) is 7.44. The van der Waals surface area contributed by atoms with Crippen molar-refractivity contribution in [1.29, 1.82) is 5.26 Å². The normalized spacial score (nSPS) is 17.6. The number of imidazole rings is 1. The highest BCUT2D eigenvalue weighted by Crippen LogP contribution is 2.30. The summed E-state index contributed by atoms with van der Waals surface area (Å²) in [5.74, 6) is 1.62. The van der Waals surface area contributed by atoms with Gasteiger partial charge < -0.3 is 15.5 Å². The number of piperidine rings is 1. The molecule has 11 heteroatoms. The Labute approximate surface area is 213 Å². The first-order valence-electron chi connectivity index (χ1n) is 11.6. The van der Waals surface area contributed by atoms with E-state index in [2.05, 4.69) is 26.7 Å². The number of nitrogens with one attached hydrogen (secondary N) is 2. The van der Waals surface area contributed by atoms with E-state index in [1.165, 1.54) is 0 Å². The van der Waals surface area contributed by atoms with Crippen molar-refractivity contribution >= 4 is 35.2 Å². The maximum Gasteiger partial charge on any atom is 0.317 e. The molecular weight excluding hydrogens is 487 g/mol. The minimum absolute atomic E-state index is 0.000466. The Morgan fingerprint density at radius 2 is 2.00 bits per heavy atom. The van der Waals surface area contributed by atoms with E-state index in [1.54, 1.807) is 30.6 Å². The van der Waals surface area contributed by atoms with Gasteiger partial charge in [-0.25, -0.2) is 14.8 Å². The lowest BCUT2D eigenvalue weighted by molar-refractivity contribution is 0.182. The fourth-order valence-electron chi connectivity index (χ4n) is 4.19. The summed E-state index contributed by atoms with van der Waals surface area (Å²) in [5, 5.41) is 16.6. The Balaban J connectivity index is 1.39. The Morgan fingerprint density at radius 3 is 2.77 bits per heavy atom. The van der Waals surface area contributed by atoms with Crippen LogP contribution < -0.4 is 10.6 Å². The lowest BCUT2D eigenvalue weighted by atomic mass is 10.1. The Hall–Kier alpha value is -3.35. The average molecular weight is 511 g/mol. The number of carbonyl (C=O) groups excluding carboxylic acids is 1. The van der Waals surface area contributed by atoms with E-state index in [9.17, 15) is 10.1 Å². The summed E-state index contributed by atoms with van der Waals surface area (Å²) in [6.45, 7) is 1.34. The number of hydrogen-bond donors (Lipinski definition) is 2. The maximum atomic E-state index is 12.5. The van der Waals surface area contributed by atoms with Gasteiger partial charge in [0.25, 0.3) is 0 Å². The fraction of sp³-hybridized carbons (Fsp3) is 0.375. The largest absolute Gasteiger partial charge is 0.350 e. The van der Waals surface area contributed by atoms with E-state index < -0.39 is 0 Å². The highest BCUT2D eigenvalue weighted by molar-refractivity contribution is 6.42. The van der Waals surface area contributed by atoms with Crippen molar-refractivity contribution in [2.75, 3.05) is 18.4 Å². The first-order chi connectivity index (χ1) is 17.0. The summed E-state index contributed by atoms with van der Waals surface area (Å²) >= 11 is 12.3. The van der Waals surface area contributed by atoms with Crippen LogP contribution in [0.4, 0.5) is 10.7 Å². The van der Waals surface area contributed by atoms with Gasteiger partial charge in [-0.15, -0.1) is 0 Å². The third-order valence-electron chi connectivity index (χ3n) is 6.09. The smallest absolute Gasteiger partial charge is 0.317 e. The molecule has 2 aromatic heterocycles. The molecule has 2 fully saturated rings. The van der Waals surface area contributed by atoms with Crippen LogP contribution in [-0.4, -0.2) is 55.6 Å². The molecule has 2 amide bonds. The molecule has 1 atom stereocenters.